The fraction of sp³-hybridized carbons (Fsp3) is 0.226. The maximum Gasteiger partial charge on any atom is 0.328 e. The van der Waals surface area contributed by atoms with Crippen molar-refractivity contribution in [2.75, 3.05) is 29.9 Å². The quantitative estimate of drug-likeness (QED) is 0.283. The summed E-state index contributed by atoms with van der Waals surface area (Å²) in [4.78, 5) is 22.1. The molecular weight excluding hydrogens is 524 g/mol. The van der Waals surface area contributed by atoms with Crippen molar-refractivity contribution in [3.05, 3.63) is 89.7 Å². The fourth-order valence-corrected chi connectivity index (χ4v) is 6.06. The van der Waals surface area contributed by atoms with Crippen molar-refractivity contribution in [1.82, 2.24) is 15.0 Å². The molecule has 1 spiro atoms. The Morgan fingerprint density at radius 1 is 0.975 bits per heavy atom. The summed E-state index contributed by atoms with van der Waals surface area (Å²) >= 11 is 6.23. The second-order valence-corrected chi connectivity index (χ2v) is 11.2. The molecule has 200 valence electrons. The molecule has 3 aliphatic rings. The summed E-state index contributed by atoms with van der Waals surface area (Å²) in [6.45, 7) is 13.6. The highest BCUT2D eigenvalue weighted by Gasteiger charge is 2.58. The van der Waals surface area contributed by atoms with E-state index in [0.717, 1.165) is 33.3 Å². The number of para-hydroxylation sites is 1. The first kappa shape index (κ1) is 24.6. The standard InChI is InChI=1S/C31H27ClN6O2/c1-18-15-38(16-19(18)2)28-34-27(32)35-29(36-28)39-21-12-10-20-11-13-25-26(22(20)14-21)33-17-31(40-25)30(3,4)23-8-6-7-9-24(23)37(31)5/h6-14,17H,1-2,15-16H2,3-5H3. The molecule has 4 aromatic rings. The van der Waals surface area contributed by atoms with Gasteiger partial charge in [0.2, 0.25) is 17.0 Å². The van der Waals surface area contributed by atoms with Crippen LogP contribution in [0.1, 0.15) is 19.4 Å². The van der Waals surface area contributed by atoms with Crippen LogP contribution in [0.3, 0.4) is 0 Å². The van der Waals surface area contributed by atoms with Crippen LogP contribution in [0.5, 0.6) is 17.5 Å². The number of anilines is 2. The molecule has 1 aromatic heterocycles. The van der Waals surface area contributed by atoms with Crippen LogP contribution < -0.4 is 19.3 Å². The molecule has 9 heteroatoms. The average Bonchev–Trinajstić information content (AvgIpc) is 3.36. The number of benzene rings is 3. The third kappa shape index (κ3) is 3.52. The van der Waals surface area contributed by atoms with Gasteiger partial charge >= 0.3 is 6.01 Å². The normalized spacial score (nSPS) is 20.7. The molecule has 1 unspecified atom stereocenters. The number of aromatic nitrogens is 3. The molecule has 0 radical (unpaired) electrons. The van der Waals surface area contributed by atoms with Gasteiger partial charge in [0.05, 0.1) is 11.6 Å². The Morgan fingerprint density at radius 3 is 2.50 bits per heavy atom. The molecule has 1 fully saturated rings. The van der Waals surface area contributed by atoms with E-state index in [1.165, 1.54) is 5.56 Å². The summed E-state index contributed by atoms with van der Waals surface area (Å²) in [7, 11) is 2.06. The minimum absolute atomic E-state index is 0.0499. The van der Waals surface area contributed by atoms with E-state index in [0.29, 0.717) is 30.5 Å². The van der Waals surface area contributed by atoms with E-state index in [4.69, 9.17) is 26.1 Å². The van der Waals surface area contributed by atoms with Gasteiger partial charge in [-0.3, -0.25) is 4.99 Å². The first-order valence-corrected chi connectivity index (χ1v) is 13.4. The number of fused-ring (bicyclic) bond motifs is 4. The van der Waals surface area contributed by atoms with Crippen molar-refractivity contribution in [3.63, 3.8) is 0 Å². The Balaban J connectivity index is 1.23. The summed E-state index contributed by atoms with van der Waals surface area (Å²) in [5.74, 6) is 1.67. The third-order valence-corrected chi connectivity index (χ3v) is 8.39. The van der Waals surface area contributed by atoms with Crippen LogP contribution in [-0.4, -0.2) is 47.0 Å². The number of hydrogen-bond donors (Lipinski definition) is 0. The second kappa shape index (κ2) is 8.53. The van der Waals surface area contributed by atoms with Gasteiger partial charge in [0, 0.05) is 31.2 Å². The van der Waals surface area contributed by atoms with E-state index in [1.807, 2.05) is 41.4 Å². The zero-order valence-electron chi connectivity index (χ0n) is 22.5. The lowest BCUT2D eigenvalue weighted by atomic mass is 9.77. The monoisotopic (exact) mass is 550 g/mol. The van der Waals surface area contributed by atoms with Crippen molar-refractivity contribution >= 4 is 45.9 Å². The summed E-state index contributed by atoms with van der Waals surface area (Å²) in [5, 5.41) is 1.95. The Labute approximate surface area is 237 Å². The van der Waals surface area contributed by atoms with E-state index >= 15 is 0 Å². The van der Waals surface area contributed by atoms with Crippen LogP contribution in [0.4, 0.5) is 17.3 Å². The molecule has 7 rings (SSSR count). The number of likely N-dealkylation sites (N-methyl/N-ethyl adjacent to an activating group) is 1. The van der Waals surface area contributed by atoms with Crippen molar-refractivity contribution < 1.29 is 9.47 Å². The summed E-state index contributed by atoms with van der Waals surface area (Å²) < 4.78 is 12.9. The van der Waals surface area contributed by atoms with Gasteiger partial charge in [0.15, 0.2) is 0 Å². The Hall–Kier alpha value is -4.43. The lowest BCUT2D eigenvalue weighted by molar-refractivity contribution is 0.0826. The van der Waals surface area contributed by atoms with Crippen molar-refractivity contribution in [2.45, 2.75) is 25.0 Å². The first-order chi connectivity index (χ1) is 19.2. The number of ether oxygens (including phenoxy) is 2. The number of rotatable bonds is 3. The minimum Gasteiger partial charge on any atom is -0.459 e. The van der Waals surface area contributed by atoms with Gasteiger partial charge in [-0.2, -0.15) is 15.0 Å². The van der Waals surface area contributed by atoms with E-state index in [2.05, 4.69) is 78.2 Å². The Kier molecular flexibility index (Phi) is 5.25. The molecule has 0 aliphatic carbocycles. The third-order valence-electron chi connectivity index (χ3n) is 8.23. The summed E-state index contributed by atoms with van der Waals surface area (Å²) in [6.07, 6.45) is 1.93. The van der Waals surface area contributed by atoms with E-state index in [-0.39, 0.29) is 16.7 Å². The van der Waals surface area contributed by atoms with E-state index in [1.54, 1.807) is 0 Å². The Morgan fingerprint density at radius 2 is 1.73 bits per heavy atom. The van der Waals surface area contributed by atoms with Gasteiger partial charge < -0.3 is 19.3 Å². The van der Waals surface area contributed by atoms with E-state index < -0.39 is 5.72 Å². The fourth-order valence-electron chi connectivity index (χ4n) is 5.91. The molecule has 3 aliphatic heterocycles. The molecule has 0 bridgehead atoms. The number of hydrogen-bond acceptors (Lipinski definition) is 8. The van der Waals surface area contributed by atoms with Crippen molar-refractivity contribution in [2.24, 2.45) is 4.99 Å². The zero-order chi connectivity index (χ0) is 27.8. The molecule has 0 amide bonds. The van der Waals surface area contributed by atoms with Gasteiger partial charge in [0.25, 0.3) is 0 Å². The molecule has 0 N–H and O–H groups in total. The smallest absolute Gasteiger partial charge is 0.328 e. The SMILES string of the molecule is C=C1CN(c2nc(Cl)nc(Oc3ccc4ccc5c(c4c3)N=CC3(O5)N(C)c4ccccc4C3(C)C)n2)CC1=C. The molecule has 1 saturated heterocycles. The predicted molar refractivity (Wildman–Crippen MR) is 159 cm³/mol. The second-order valence-electron chi connectivity index (χ2n) is 10.9. The van der Waals surface area contributed by atoms with Gasteiger partial charge in [-0.05, 0) is 71.8 Å². The highest BCUT2D eigenvalue weighted by molar-refractivity contribution is 6.28. The molecular formula is C31H27ClN6O2. The Bertz CT molecular complexity index is 1770. The number of aliphatic imine (C=N–C) groups is 1. The predicted octanol–water partition coefficient (Wildman–Crippen LogP) is 6.62. The van der Waals surface area contributed by atoms with Crippen LogP contribution in [0.15, 0.2) is 83.9 Å². The lowest BCUT2D eigenvalue weighted by Gasteiger charge is -2.45. The lowest BCUT2D eigenvalue weighted by Crippen LogP contribution is -2.61. The largest absolute Gasteiger partial charge is 0.459 e. The van der Waals surface area contributed by atoms with Crippen LogP contribution in [0.2, 0.25) is 5.28 Å². The summed E-state index contributed by atoms with van der Waals surface area (Å²) in [6, 6.07) is 18.3. The molecule has 4 heterocycles. The number of nitrogens with zero attached hydrogens (tertiary/aromatic N) is 6. The van der Waals surface area contributed by atoms with E-state index in [9.17, 15) is 0 Å². The molecule has 0 saturated carbocycles. The first-order valence-electron chi connectivity index (χ1n) is 13.0. The maximum absolute atomic E-state index is 6.83. The maximum atomic E-state index is 6.83. The average molecular weight is 551 g/mol. The van der Waals surface area contributed by atoms with Crippen molar-refractivity contribution in [3.8, 4) is 17.5 Å². The van der Waals surface area contributed by atoms with Crippen LogP contribution in [0.25, 0.3) is 10.8 Å². The molecule has 1 atom stereocenters. The van der Waals surface area contributed by atoms with Gasteiger partial charge in [-0.15, -0.1) is 0 Å². The van der Waals surface area contributed by atoms with Crippen molar-refractivity contribution in [1.29, 1.82) is 0 Å². The molecule has 8 nitrogen and oxygen atoms in total. The zero-order valence-corrected chi connectivity index (χ0v) is 23.2. The highest BCUT2D eigenvalue weighted by Crippen LogP contribution is 2.54. The summed E-state index contributed by atoms with van der Waals surface area (Å²) in [5.41, 5.74) is 3.91. The van der Waals surface area contributed by atoms with Gasteiger partial charge in [-0.25, -0.2) is 0 Å². The topological polar surface area (TPSA) is 76.0 Å². The van der Waals surface area contributed by atoms with Crippen LogP contribution >= 0.6 is 11.6 Å². The van der Waals surface area contributed by atoms with Crippen LogP contribution in [0, 0.1) is 0 Å². The van der Waals surface area contributed by atoms with Gasteiger partial charge in [0.1, 0.15) is 17.2 Å². The highest BCUT2D eigenvalue weighted by atomic mass is 35.5. The van der Waals surface area contributed by atoms with Gasteiger partial charge in [-0.1, -0.05) is 43.5 Å². The molecule has 40 heavy (non-hydrogen) atoms. The minimum atomic E-state index is -0.754. The molecule has 3 aromatic carbocycles. The number of halogens is 1. The van der Waals surface area contributed by atoms with Crippen LogP contribution in [-0.2, 0) is 5.41 Å².